The highest BCUT2D eigenvalue weighted by molar-refractivity contribution is 5.71. The fraction of sp³-hybridized carbons (Fsp3) is 0.467. The summed E-state index contributed by atoms with van der Waals surface area (Å²) in [5, 5.41) is 35.9. The molecule has 6 nitrogen and oxygen atoms in total. The van der Waals surface area contributed by atoms with E-state index in [2.05, 4.69) is 53.1 Å². The van der Waals surface area contributed by atoms with Crippen LogP contribution in [-0.4, -0.2) is 44.9 Å². The summed E-state index contributed by atoms with van der Waals surface area (Å²) in [6.45, 7) is 5.48. The molecule has 0 spiro atoms. The number of aliphatic hydroxyl groups is 1. The van der Waals surface area contributed by atoms with Crippen LogP contribution in [0.4, 0.5) is 0 Å². The van der Waals surface area contributed by atoms with Gasteiger partial charge in [0, 0.05) is 30.8 Å². The minimum Gasteiger partial charge on any atom is -0.508 e. The van der Waals surface area contributed by atoms with E-state index >= 15 is 0 Å². The third-order valence-electron chi connectivity index (χ3n) is 7.20. The van der Waals surface area contributed by atoms with E-state index < -0.39 is 6.23 Å². The summed E-state index contributed by atoms with van der Waals surface area (Å²) in [7, 11) is 4.12. The SMILES string of the molecule is CC(C)c1cc(-c2ccc(C(O)NC3CCCCC3)n2Cc2ccc(CN(C)C)cc2)c(O)cc1O. The molecule has 0 aliphatic heterocycles. The molecular formula is C30H41N3O3. The van der Waals surface area contributed by atoms with Gasteiger partial charge in [0.15, 0.2) is 0 Å². The fourth-order valence-electron chi connectivity index (χ4n) is 5.27. The predicted molar refractivity (Wildman–Crippen MR) is 145 cm³/mol. The van der Waals surface area contributed by atoms with Crippen LogP contribution in [0.25, 0.3) is 11.3 Å². The molecule has 3 aromatic rings. The monoisotopic (exact) mass is 491 g/mol. The van der Waals surface area contributed by atoms with Crippen LogP contribution in [0, 0.1) is 0 Å². The number of nitrogens with one attached hydrogen (secondary N) is 1. The van der Waals surface area contributed by atoms with Crippen molar-refractivity contribution >= 4 is 0 Å². The van der Waals surface area contributed by atoms with Gasteiger partial charge in [-0.15, -0.1) is 0 Å². The molecule has 0 saturated heterocycles. The van der Waals surface area contributed by atoms with E-state index in [1.54, 1.807) is 0 Å². The second-order valence-corrected chi connectivity index (χ2v) is 10.8. The van der Waals surface area contributed by atoms with Gasteiger partial charge in [0.2, 0.25) is 0 Å². The van der Waals surface area contributed by atoms with Crippen LogP contribution in [0.1, 0.15) is 80.5 Å². The summed E-state index contributed by atoms with van der Waals surface area (Å²) in [6, 6.07) is 16.0. The maximum absolute atomic E-state index is 11.3. The lowest BCUT2D eigenvalue weighted by atomic mass is 9.95. The number of aliphatic hydroxyl groups excluding tert-OH is 1. The first-order chi connectivity index (χ1) is 17.2. The molecule has 4 rings (SSSR count). The molecule has 6 heteroatoms. The van der Waals surface area contributed by atoms with E-state index in [4.69, 9.17) is 0 Å². The van der Waals surface area contributed by atoms with Gasteiger partial charge >= 0.3 is 0 Å². The lowest BCUT2D eigenvalue weighted by Crippen LogP contribution is -2.35. The number of nitrogens with zero attached hydrogens (tertiary/aromatic N) is 2. The Bertz CT molecular complexity index is 1140. The molecule has 0 radical (unpaired) electrons. The third-order valence-corrected chi connectivity index (χ3v) is 7.20. The van der Waals surface area contributed by atoms with Gasteiger partial charge in [0.25, 0.3) is 0 Å². The van der Waals surface area contributed by atoms with Crippen molar-refractivity contribution in [1.29, 1.82) is 0 Å². The first kappa shape index (κ1) is 26.3. The van der Waals surface area contributed by atoms with Crippen molar-refractivity contribution in [1.82, 2.24) is 14.8 Å². The van der Waals surface area contributed by atoms with Gasteiger partial charge in [-0.3, -0.25) is 5.32 Å². The standard InChI is InChI=1S/C30H41N3O3/c1-20(2)24-16-25(29(35)17-28(24)34)26-14-15-27(30(36)31-23-8-6-5-7-9-23)33(26)19-22-12-10-21(11-13-22)18-32(3)4/h10-17,20,23,30-31,34-36H,5-9,18-19H2,1-4H3. The smallest absolute Gasteiger partial charge is 0.146 e. The summed E-state index contributed by atoms with van der Waals surface area (Å²) >= 11 is 0. The lowest BCUT2D eigenvalue weighted by Gasteiger charge is -2.27. The average molecular weight is 492 g/mol. The van der Waals surface area contributed by atoms with Gasteiger partial charge in [0.05, 0.1) is 11.4 Å². The molecule has 194 valence electrons. The zero-order chi connectivity index (χ0) is 25.8. The summed E-state index contributed by atoms with van der Waals surface area (Å²) in [5.41, 5.74) is 5.37. The zero-order valence-electron chi connectivity index (χ0n) is 22.0. The molecule has 0 bridgehead atoms. The van der Waals surface area contributed by atoms with Gasteiger partial charge in [-0.2, -0.15) is 0 Å². The maximum atomic E-state index is 11.3. The van der Waals surface area contributed by atoms with Crippen LogP contribution in [0.5, 0.6) is 11.5 Å². The van der Waals surface area contributed by atoms with Crippen molar-refractivity contribution in [2.75, 3.05) is 14.1 Å². The molecule has 4 N–H and O–H groups in total. The third kappa shape index (κ3) is 6.12. The van der Waals surface area contributed by atoms with Gasteiger partial charge in [-0.25, -0.2) is 0 Å². The van der Waals surface area contributed by atoms with E-state index in [0.29, 0.717) is 18.2 Å². The normalized spacial score (nSPS) is 15.6. The molecule has 2 aromatic carbocycles. The Hall–Kier alpha value is -2.80. The van der Waals surface area contributed by atoms with Crippen molar-refractivity contribution in [3.8, 4) is 22.8 Å². The molecule has 1 saturated carbocycles. The molecule has 1 heterocycles. The predicted octanol–water partition coefficient (Wildman–Crippen LogP) is 5.71. The minimum absolute atomic E-state index is 0.0267. The lowest BCUT2D eigenvalue weighted by molar-refractivity contribution is 0.107. The minimum atomic E-state index is -0.807. The van der Waals surface area contributed by atoms with E-state index in [1.165, 1.54) is 30.9 Å². The molecule has 0 amide bonds. The van der Waals surface area contributed by atoms with Crippen molar-refractivity contribution in [3.63, 3.8) is 0 Å². The Morgan fingerprint density at radius 3 is 2.22 bits per heavy atom. The Morgan fingerprint density at radius 1 is 0.917 bits per heavy atom. The van der Waals surface area contributed by atoms with Gasteiger partial charge in [-0.05, 0) is 67.7 Å². The first-order valence-corrected chi connectivity index (χ1v) is 13.1. The van der Waals surface area contributed by atoms with E-state index in [9.17, 15) is 15.3 Å². The van der Waals surface area contributed by atoms with Crippen molar-refractivity contribution in [3.05, 3.63) is 70.9 Å². The topological polar surface area (TPSA) is 80.9 Å². The van der Waals surface area contributed by atoms with Crippen molar-refractivity contribution in [2.24, 2.45) is 0 Å². The number of hydrogen-bond acceptors (Lipinski definition) is 5. The van der Waals surface area contributed by atoms with E-state index in [-0.39, 0.29) is 17.4 Å². The summed E-state index contributed by atoms with van der Waals surface area (Å²) in [4.78, 5) is 2.14. The van der Waals surface area contributed by atoms with Crippen molar-refractivity contribution < 1.29 is 15.3 Å². The Labute approximate surface area is 215 Å². The van der Waals surface area contributed by atoms with Crippen LogP contribution < -0.4 is 5.32 Å². The van der Waals surface area contributed by atoms with Crippen LogP contribution in [0.15, 0.2) is 48.5 Å². The van der Waals surface area contributed by atoms with Gasteiger partial charge < -0.3 is 24.8 Å². The second kappa shape index (κ2) is 11.5. The van der Waals surface area contributed by atoms with Gasteiger partial charge in [0.1, 0.15) is 17.7 Å². The summed E-state index contributed by atoms with van der Waals surface area (Å²) in [5.74, 6) is 0.231. The largest absolute Gasteiger partial charge is 0.508 e. The number of benzene rings is 2. The average Bonchev–Trinajstić information content (AvgIpc) is 3.24. The number of hydrogen-bond donors (Lipinski definition) is 4. The van der Waals surface area contributed by atoms with Crippen LogP contribution in [0.2, 0.25) is 0 Å². The molecule has 1 fully saturated rings. The summed E-state index contributed by atoms with van der Waals surface area (Å²) < 4.78 is 2.08. The van der Waals surface area contributed by atoms with Crippen LogP contribution in [-0.2, 0) is 13.1 Å². The number of rotatable bonds is 9. The molecule has 1 atom stereocenters. The van der Waals surface area contributed by atoms with Crippen LogP contribution in [0.3, 0.4) is 0 Å². The number of aromatic hydroxyl groups is 2. The molecule has 1 aromatic heterocycles. The molecule has 1 unspecified atom stereocenters. The van der Waals surface area contributed by atoms with Crippen molar-refractivity contribution in [2.45, 2.75) is 77.2 Å². The number of aromatic nitrogens is 1. The quantitative estimate of drug-likeness (QED) is 0.288. The highest BCUT2D eigenvalue weighted by Crippen LogP contribution is 2.39. The highest BCUT2D eigenvalue weighted by Gasteiger charge is 2.23. The molecular weight excluding hydrogens is 450 g/mol. The fourth-order valence-corrected chi connectivity index (χ4v) is 5.27. The molecule has 36 heavy (non-hydrogen) atoms. The maximum Gasteiger partial charge on any atom is 0.146 e. The first-order valence-electron chi connectivity index (χ1n) is 13.1. The van der Waals surface area contributed by atoms with Gasteiger partial charge in [-0.1, -0.05) is 57.4 Å². The Kier molecular flexibility index (Phi) is 8.39. The van der Waals surface area contributed by atoms with Crippen LogP contribution >= 0.6 is 0 Å². The van der Waals surface area contributed by atoms with E-state index in [0.717, 1.165) is 41.9 Å². The molecule has 1 aliphatic carbocycles. The zero-order valence-corrected chi connectivity index (χ0v) is 22.0. The second-order valence-electron chi connectivity index (χ2n) is 10.8. The summed E-state index contributed by atoms with van der Waals surface area (Å²) in [6.07, 6.45) is 4.99. The Morgan fingerprint density at radius 2 is 1.58 bits per heavy atom. The number of phenolic OH excluding ortho intramolecular Hbond substituents is 2. The number of phenols is 2. The van der Waals surface area contributed by atoms with E-state index in [1.807, 2.05) is 32.0 Å². The Balaban J connectivity index is 1.72. The highest BCUT2D eigenvalue weighted by atomic mass is 16.3. The molecule has 1 aliphatic rings.